The highest BCUT2D eigenvalue weighted by molar-refractivity contribution is 9.09. The van der Waals surface area contributed by atoms with Crippen LogP contribution in [0.1, 0.15) is 57.8 Å². The lowest BCUT2D eigenvalue weighted by Gasteiger charge is -2.21. The topological polar surface area (TPSA) is 29.1 Å². The van der Waals surface area contributed by atoms with Gasteiger partial charge < -0.3 is 5.32 Å². The van der Waals surface area contributed by atoms with Crippen LogP contribution < -0.4 is 5.32 Å². The van der Waals surface area contributed by atoms with Gasteiger partial charge in [-0.3, -0.25) is 4.79 Å². The fourth-order valence-electron chi connectivity index (χ4n) is 2.36. The van der Waals surface area contributed by atoms with Crippen molar-refractivity contribution < 1.29 is 4.79 Å². The van der Waals surface area contributed by atoms with Gasteiger partial charge in [0.25, 0.3) is 0 Å². The van der Waals surface area contributed by atoms with E-state index < -0.39 is 0 Å². The maximum Gasteiger partial charge on any atom is 0.219 e. The Balaban J connectivity index is 1.94. The van der Waals surface area contributed by atoms with Gasteiger partial charge in [-0.2, -0.15) is 0 Å². The lowest BCUT2D eigenvalue weighted by molar-refractivity contribution is -0.121. The molecule has 1 amide bonds. The van der Waals surface area contributed by atoms with E-state index >= 15 is 0 Å². The van der Waals surface area contributed by atoms with E-state index in [2.05, 4.69) is 21.2 Å². The first-order valence-electron chi connectivity index (χ1n) is 6.65. The molecule has 0 aromatic rings. The number of amides is 1. The van der Waals surface area contributed by atoms with Crippen molar-refractivity contribution in [2.45, 2.75) is 57.8 Å². The molecule has 3 heteroatoms. The highest BCUT2D eigenvalue weighted by Gasteiger charge is 2.12. The molecule has 0 radical (unpaired) electrons. The quantitative estimate of drug-likeness (QED) is 0.563. The number of carbonyl (C=O) groups excluding carboxylic acids is 1. The van der Waals surface area contributed by atoms with E-state index in [1.54, 1.807) is 0 Å². The molecule has 94 valence electrons. The van der Waals surface area contributed by atoms with E-state index in [0.29, 0.717) is 6.42 Å². The highest BCUT2D eigenvalue weighted by Crippen LogP contribution is 2.25. The molecule has 0 saturated heterocycles. The molecule has 1 saturated carbocycles. The smallest absolute Gasteiger partial charge is 0.219 e. The van der Waals surface area contributed by atoms with Crippen molar-refractivity contribution in [3.05, 3.63) is 0 Å². The summed E-state index contributed by atoms with van der Waals surface area (Å²) in [5.74, 6) is 1.10. The molecular formula is C13H24BrNO. The number of nitrogens with one attached hydrogen (secondary N) is 1. The Hall–Kier alpha value is -0.0500. The van der Waals surface area contributed by atoms with Crippen LogP contribution >= 0.6 is 15.9 Å². The third kappa shape index (κ3) is 6.51. The predicted octanol–water partition coefficient (Wildman–Crippen LogP) is 3.64. The molecular weight excluding hydrogens is 266 g/mol. The van der Waals surface area contributed by atoms with Gasteiger partial charge in [0.1, 0.15) is 0 Å². The van der Waals surface area contributed by atoms with Crippen LogP contribution in [0, 0.1) is 5.92 Å². The van der Waals surface area contributed by atoms with Crippen LogP contribution in [-0.4, -0.2) is 17.8 Å². The summed E-state index contributed by atoms with van der Waals surface area (Å²) in [6.07, 6.45) is 10.9. The van der Waals surface area contributed by atoms with E-state index in [1.807, 2.05) is 0 Å². The van der Waals surface area contributed by atoms with Crippen molar-refractivity contribution in [1.82, 2.24) is 5.32 Å². The number of hydrogen-bond acceptors (Lipinski definition) is 1. The van der Waals surface area contributed by atoms with Gasteiger partial charge >= 0.3 is 0 Å². The number of rotatable bonds is 7. The first-order chi connectivity index (χ1) is 7.83. The highest BCUT2D eigenvalue weighted by atomic mass is 79.9. The van der Waals surface area contributed by atoms with E-state index in [4.69, 9.17) is 0 Å². The van der Waals surface area contributed by atoms with Crippen LogP contribution in [0.25, 0.3) is 0 Å². The second-order valence-electron chi connectivity index (χ2n) is 4.79. The van der Waals surface area contributed by atoms with Crippen LogP contribution in [0.5, 0.6) is 0 Å². The van der Waals surface area contributed by atoms with Gasteiger partial charge in [-0.25, -0.2) is 0 Å². The van der Waals surface area contributed by atoms with Gasteiger partial charge in [-0.1, -0.05) is 48.0 Å². The van der Waals surface area contributed by atoms with Crippen molar-refractivity contribution in [2.24, 2.45) is 5.92 Å². The maximum absolute atomic E-state index is 11.4. The lowest BCUT2D eigenvalue weighted by atomic mass is 9.87. The maximum atomic E-state index is 11.4. The minimum Gasteiger partial charge on any atom is -0.356 e. The molecule has 0 aromatic heterocycles. The zero-order valence-electron chi connectivity index (χ0n) is 10.1. The molecule has 0 heterocycles. The molecule has 0 atom stereocenters. The molecule has 1 N–H and O–H groups in total. The molecule has 1 aliphatic rings. The van der Waals surface area contributed by atoms with Gasteiger partial charge in [0, 0.05) is 18.3 Å². The van der Waals surface area contributed by atoms with E-state index in [9.17, 15) is 4.79 Å². The Morgan fingerprint density at radius 3 is 2.62 bits per heavy atom. The largest absolute Gasteiger partial charge is 0.356 e. The third-order valence-electron chi connectivity index (χ3n) is 3.39. The number of carbonyl (C=O) groups is 1. The number of halogens is 1. The number of hydrogen-bond donors (Lipinski definition) is 1. The molecule has 16 heavy (non-hydrogen) atoms. The average molecular weight is 290 g/mol. The summed E-state index contributed by atoms with van der Waals surface area (Å²) in [6, 6.07) is 0. The Morgan fingerprint density at radius 2 is 1.94 bits per heavy atom. The van der Waals surface area contributed by atoms with Gasteiger partial charge in [-0.05, 0) is 25.2 Å². The van der Waals surface area contributed by atoms with Gasteiger partial charge in [0.05, 0.1) is 0 Å². The average Bonchev–Trinajstić information content (AvgIpc) is 2.31. The van der Waals surface area contributed by atoms with Gasteiger partial charge in [0.15, 0.2) is 0 Å². The van der Waals surface area contributed by atoms with E-state index in [-0.39, 0.29) is 5.91 Å². The molecule has 1 rings (SSSR count). The van der Waals surface area contributed by atoms with Crippen LogP contribution in [0.15, 0.2) is 0 Å². The van der Waals surface area contributed by atoms with Crippen LogP contribution in [0.2, 0.25) is 0 Å². The summed E-state index contributed by atoms with van der Waals surface area (Å²) in [5, 5.41) is 4.04. The fraction of sp³-hybridized carbons (Fsp3) is 0.923. The van der Waals surface area contributed by atoms with Crippen molar-refractivity contribution in [3.8, 4) is 0 Å². The van der Waals surface area contributed by atoms with Gasteiger partial charge in [-0.15, -0.1) is 0 Å². The summed E-state index contributed by atoms with van der Waals surface area (Å²) in [7, 11) is 0. The predicted molar refractivity (Wildman–Crippen MR) is 71.8 cm³/mol. The minimum absolute atomic E-state index is 0.233. The molecule has 1 aliphatic carbocycles. The second-order valence-corrected chi connectivity index (χ2v) is 5.58. The Labute approximate surface area is 108 Å². The summed E-state index contributed by atoms with van der Waals surface area (Å²) in [5.41, 5.74) is 0. The summed E-state index contributed by atoms with van der Waals surface area (Å²) < 4.78 is 0. The normalized spacial score (nSPS) is 17.3. The van der Waals surface area contributed by atoms with Gasteiger partial charge in [0.2, 0.25) is 5.91 Å². The van der Waals surface area contributed by atoms with Crippen molar-refractivity contribution >= 4 is 21.8 Å². The number of alkyl halides is 1. The minimum atomic E-state index is 0.233. The van der Waals surface area contributed by atoms with E-state index in [1.165, 1.54) is 38.5 Å². The van der Waals surface area contributed by atoms with Crippen LogP contribution in [0.4, 0.5) is 0 Å². The Kier molecular flexibility index (Phi) is 7.91. The monoisotopic (exact) mass is 289 g/mol. The van der Waals surface area contributed by atoms with Crippen molar-refractivity contribution in [3.63, 3.8) is 0 Å². The molecule has 1 fully saturated rings. The summed E-state index contributed by atoms with van der Waals surface area (Å²) >= 11 is 3.37. The van der Waals surface area contributed by atoms with Crippen LogP contribution in [-0.2, 0) is 4.79 Å². The second kappa shape index (κ2) is 9.03. The number of unbranched alkanes of at least 4 members (excludes halogenated alkanes) is 1. The van der Waals surface area contributed by atoms with Crippen molar-refractivity contribution in [2.75, 3.05) is 11.9 Å². The van der Waals surface area contributed by atoms with E-state index in [0.717, 1.165) is 30.6 Å². The molecule has 0 spiro atoms. The molecule has 0 aliphatic heterocycles. The first-order valence-corrected chi connectivity index (χ1v) is 7.77. The standard InChI is InChI=1S/C13H24BrNO/c14-10-5-4-8-13(16)15-11-9-12-6-2-1-3-7-12/h12H,1-11H2,(H,15,16). The van der Waals surface area contributed by atoms with Crippen LogP contribution in [0.3, 0.4) is 0 Å². The lowest BCUT2D eigenvalue weighted by Crippen LogP contribution is -2.26. The molecule has 0 aromatic carbocycles. The SMILES string of the molecule is O=C(CCCCBr)NCCC1CCCCC1. The van der Waals surface area contributed by atoms with Crippen molar-refractivity contribution in [1.29, 1.82) is 0 Å². The zero-order chi connectivity index (χ0) is 11.6. The summed E-state index contributed by atoms with van der Waals surface area (Å²) in [4.78, 5) is 11.4. The third-order valence-corrected chi connectivity index (χ3v) is 3.95. The molecule has 0 unspecified atom stereocenters. The molecule has 0 bridgehead atoms. The Morgan fingerprint density at radius 1 is 1.19 bits per heavy atom. The Bertz CT molecular complexity index is 190. The fourth-order valence-corrected chi connectivity index (χ4v) is 2.76. The first kappa shape index (κ1) is 14.0. The summed E-state index contributed by atoms with van der Waals surface area (Å²) in [6.45, 7) is 0.887. The molecule has 2 nitrogen and oxygen atoms in total. The zero-order valence-corrected chi connectivity index (χ0v) is 11.7.